The highest BCUT2D eigenvalue weighted by atomic mass is 16.1. The number of primary amides is 1. The molecule has 0 saturated heterocycles. The third-order valence-corrected chi connectivity index (χ3v) is 2.41. The average molecular weight is 188 g/mol. The molecule has 3 nitrogen and oxygen atoms in total. The van der Waals surface area contributed by atoms with Gasteiger partial charge in [0.1, 0.15) is 0 Å². The number of nitrogens with zero attached hydrogens (tertiary/aromatic N) is 1. The molecule has 1 atom stereocenters. The fourth-order valence-electron chi connectivity index (χ4n) is 1.44. The quantitative estimate of drug-likeness (QED) is 0.777. The van der Waals surface area contributed by atoms with E-state index in [0.29, 0.717) is 12.0 Å². The highest BCUT2D eigenvalue weighted by Gasteiger charge is 2.36. The molecule has 0 heterocycles. The van der Waals surface area contributed by atoms with E-state index in [1.54, 1.807) is 31.2 Å². The summed E-state index contributed by atoms with van der Waals surface area (Å²) in [5, 5.41) is 9.05. The van der Waals surface area contributed by atoms with E-state index in [2.05, 4.69) is 0 Å². The summed E-state index contributed by atoms with van der Waals surface area (Å²) in [6.45, 7) is 1.78. The number of rotatable bonds is 3. The molecule has 0 saturated carbocycles. The second-order valence-electron chi connectivity index (χ2n) is 3.10. The number of benzene rings is 1. The Morgan fingerprint density at radius 3 is 2.43 bits per heavy atom. The number of carbonyl (C=O) groups excluding carboxylic acids is 1. The third kappa shape index (κ3) is 1.47. The van der Waals surface area contributed by atoms with Crippen molar-refractivity contribution in [1.82, 2.24) is 0 Å². The summed E-state index contributed by atoms with van der Waals surface area (Å²) < 4.78 is 0. The molecule has 1 unspecified atom stereocenters. The molecule has 0 radical (unpaired) electrons. The molecule has 0 aliphatic rings. The fourth-order valence-corrected chi connectivity index (χ4v) is 1.44. The van der Waals surface area contributed by atoms with Crippen LogP contribution in [0.4, 0.5) is 0 Å². The molecule has 1 rings (SSSR count). The van der Waals surface area contributed by atoms with Gasteiger partial charge in [0.25, 0.3) is 0 Å². The monoisotopic (exact) mass is 188 g/mol. The summed E-state index contributed by atoms with van der Waals surface area (Å²) in [5.41, 5.74) is 4.75. The maximum absolute atomic E-state index is 11.3. The van der Waals surface area contributed by atoms with Crippen molar-refractivity contribution in [2.75, 3.05) is 0 Å². The van der Waals surface area contributed by atoms with Gasteiger partial charge < -0.3 is 5.73 Å². The van der Waals surface area contributed by atoms with Crippen LogP contribution in [0.2, 0.25) is 0 Å². The molecule has 0 bridgehead atoms. The predicted octanol–water partition coefficient (Wildman–Crippen LogP) is 1.34. The van der Waals surface area contributed by atoms with Crippen LogP contribution in [0.1, 0.15) is 18.9 Å². The number of hydrogen-bond acceptors (Lipinski definition) is 2. The first kappa shape index (κ1) is 10.3. The van der Waals surface area contributed by atoms with Gasteiger partial charge in [-0.25, -0.2) is 0 Å². The van der Waals surface area contributed by atoms with E-state index >= 15 is 0 Å². The maximum Gasteiger partial charge on any atom is 0.242 e. The first-order valence-corrected chi connectivity index (χ1v) is 4.44. The van der Waals surface area contributed by atoms with E-state index in [1.807, 2.05) is 12.1 Å². The summed E-state index contributed by atoms with van der Waals surface area (Å²) in [7, 11) is 0. The molecule has 2 N–H and O–H groups in total. The zero-order valence-corrected chi connectivity index (χ0v) is 8.03. The first-order chi connectivity index (χ1) is 6.67. The van der Waals surface area contributed by atoms with Gasteiger partial charge in [0.2, 0.25) is 5.91 Å². The van der Waals surface area contributed by atoms with Crippen LogP contribution in [0.15, 0.2) is 30.3 Å². The molecule has 0 spiro atoms. The molecule has 0 aromatic heterocycles. The highest BCUT2D eigenvalue weighted by Crippen LogP contribution is 2.26. The maximum atomic E-state index is 11.3. The van der Waals surface area contributed by atoms with E-state index in [0.717, 1.165) is 0 Å². The Morgan fingerprint density at radius 2 is 2.07 bits per heavy atom. The van der Waals surface area contributed by atoms with Gasteiger partial charge in [-0.1, -0.05) is 37.3 Å². The minimum atomic E-state index is -1.18. The van der Waals surface area contributed by atoms with Crippen molar-refractivity contribution in [3.8, 4) is 6.07 Å². The largest absolute Gasteiger partial charge is 0.368 e. The number of nitriles is 1. The lowest BCUT2D eigenvalue weighted by Gasteiger charge is -2.21. The van der Waals surface area contributed by atoms with Crippen LogP contribution in [-0.2, 0) is 10.2 Å². The fraction of sp³-hybridized carbons (Fsp3) is 0.273. The number of amides is 1. The summed E-state index contributed by atoms with van der Waals surface area (Å²) in [4.78, 5) is 11.3. The Labute approximate surface area is 83.2 Å². The summed E-state index contributed by atoms with van der Waals surface area (Å²) in [6.07, 6.45) is 0.392. The molecule has 0 fully saturated rings. The van der Waals surface area contributed by atoms with Crippen molar-refractivity contribution >= 4 is 5.91 Å². The normalized spacial score (nSPS) is 14.0. The molecular formula is C11H12N2O. The van der Waals surface area contributed by atoms with Crippen molar-refractivity contribution < 1.29 is 4.79 Å². The Kier molecular flexibility index (Phi) is 2.88. The Balaban J connectivity index is 3.27. The molecular weight excluding hydrogens is 176 g/mol. The standard InChI is InChI=1S/C11H12N2O/c1-2-11(8-12,10(13)14)9-6-4-3-5-7-9/h3-7H,2H2,1H3,(H2,13,14). The Bertz CT molecular complexity index is 367. The molecule has 1 aromatic carbocycles. The SMILES string of the molecule is CCC(C#N)(C(N)=O)c1ccccc1. The van der Waals surface area contributed by atoms with Crippen molar-refractivity contribution in [2.24, 2.45) is 5.73 Å². The van der Waals surface area contributed by atoms with Gasteiger partial charge in [-0.05, 0) is 12.0 Å². The molecule has 72 valence electrons. The third-order valence-electron chi connectivity index (χ3n) is 2.41. The van der Waals surface area contributed by atoms with Crippen LogP contribution in [0.3, 0.4) is 0 Å². The lowest BCUT2D eigenvalue weighted by Crippen LogP contribution is -2.39. The molecule has 1 aromatic rings. The molecule has 3 heteroatoms. The molecule has 0 aliphatic carbocycles. The van der Waals surface area contributed by atoms with Gasteiger partial charge in [0, 0.05) is 0 Å². The molecule has 1 amide bonds. The predicted molar refractivity (Wildman–Crippen MR) is 53.2 cm³/mol. The molecule has 0 aliphatic heterocycles. The summed E-state index contributed by atoms with van der Waals surface area (Å²) in [5.74, 6) is -0.589. The average Bonchev–Trinajstić information content (AvgIpc) is 2.22. The number of nitrogens with two attached hydrogens (primary N) is 1. The first-order valence-electron chi connectivity index (χ1n) is 4.44. The minimum absolute atomic E-state index is 0.392. The van der Waals surface area contributed by atoms with Crippen molar-refractivity contribution in [1.29, 1.82) is 5.26 Å². The highest BCUT2D eigenvalue weighted by molar-refractivity contribution is 5.89. The lowest BCUT2D eigenvalue weighted by molar-refractivity contribution is -0.121. The van der Waals surface area contributed by atoms with Crippen LogP contribution in [0.25, 0.3) is 0 Å². The van der Waals surface area contributed by atoms with Gasteiger partial charge in [-0.3, -0.25) is 4.79 Å². The number of carbonyl (C=O) groups is 1. The summed E-state index contributed by atoms with van der Waals surface area (Å²) in [6, 6.07) is 10.9. The number of hydrogen-bond donors (Lipinski definition) is 1. The van der Waals surface area contributed by atoms with E-state index in [4.69, 9.17) is 11.0 Å². The van der Waals surface area contributed by atoms with Crippen LogP contribution in [0.5, 0.6) is 0 Å². The van der Waals surface area contributed by atoms with Gasteiger partial charge >= 0.3 is 0 Å². The van der Waals surface area contributed by atoms with E-state index in [1.165, 1.54) is 0 Å². The van der Waals surface area contributed by atoms with Crippen LogP contribution >= 0.6 is 0 Å². The van der Waals surface area contributed by atoms with Crippen LogP contribution in [0, 0.1) is 11.3 Å². The van der Waals surface area contributed by atoms with Gasteiger partial charge in [0.05, 0.1) is 6.07 Å². The topological polar surface area (TPSA) is 66.9 Å². The molecule has 14 heavy (non-hydrogen) atoms. The summed E-state index contributed by atoms with van der Waals surface area (Å²) >= 11 is 0. The van der Waals surface area contributed by atoms with Crippen molar-refractivity contribution in [2.45, 2.75) is 18.8 Å². The van der Waals surface area contributed by atoms with Gasteiger partial charge in [0.15, 0.2) is 5.41 Å². The van der Waals surface area contributed by atoms with Crippen LogP contribution < -0.4 is 5.73 Å². The van der Waals surface area contributed by atoms with E-state index < -0.39 is 11.3 Å². The van der Waals surface area contributed by atoms with Crippen molar-refractivity contribution in [3.63, 3.8) is 0 Å². The second-order valence-corrected chi connectivity index (χ2v) is 3.10. The van der Waals surface area contributed by atoms with E-state index in [9.17, 15) is 4.79 Å². The minimum Gasteiger partial charge on any atom is -0.368 e. The smallest absolute Gasteiger partial charge is 0.242 e. The lowest BCUT2D eigenvalue weighted by atomic mass is 9.79. The zero-order chi connectivity index (χ0) is 10.6. The van der Waals surface area contributed by atoms with Crippen molar-refractivity contribution in [3.05, 3.63) is 35.9 Å². The van der Waals surface area contributed by atoms with Gasteiger partial charge in [-0.2, -0.15) is 5.26 Å². The Morgan fingerprint density at radius 1 is 1.50 bits per heavy atom. The van der Waals surface area contributed by atoms with Crippen LogP contribution in [-0.4, -0.2) is 5.91 Å². The van der Waals surface area contributed by atoms with Gasteiger partial charge in [-0.15, -0.1) is 0 Å². The van der Waals surface area contributed by atoms with E-state index in [-0.39, 0.29) is 0 Å². The second kappa shape index (κ2) is 3.93. The zero-order valence-electron chi connectivity index (χ0n) is 8.03. The Hall–Kier alpha value is -1.82.